The number of hydrogen-bond acceptors (Lipinski definition) is 5. The summed E-state index contributed by atoms with van der Waals surface area (Å²) in [6.07, 6.45) is 0.717. The second-order valence-electron chi connectivity index (χ2n) is 5.53. The Labute approximate surface area is 150 Å². The minimum absolute atomic E-state index is 0. The molecule has 132 valence electrons. The largest absolute Gasteiger partial charge is 0.314 e. The molecule has 1 aromatic rings. The van der Waals surface area contributed by atoms with E-state index < -0.39 is 0 Å². The van der Waals surface area contributed by atoms with Gasteiger partial charge in [0.25, 0.3) is 5.69 Å². The summed E-state index contributed by atoms with van der Waals surface area (Å²) in [4.78, 5) is 15.4. The summed E-state index contributed by atoms with van der Waals surface area (Å²) >= 11 is 0. The van der Waals surface area contributed by atoms with Gasteiger partial charge in [0.1, 0.15) is 0 Å². The molecule has 1 fully saturated rings. The Morgan fingerprint density at radius 1 is 1.22 bits per heavy atom. The molecule has 1 N–H and O–H groups in total. The second-order valence-corrected chi connectivity index (χ2v) is 5.53. The van der Waals surface area contributed by atoms with Crippen LogP contribution in [-0.4, -0.2) is 67.6 Å². The van der Waals surface area contributed by atoms with E-state index >= 15 is 0 Å². The number of hydrogen-bond donors (Lipinski definition) is 1. The van der Waals surface area contributed by atoms with Crippen molar-refractivity contribution in [3.63, 3.8) is 0 Å². The summed E-state index contributed by atoms with van der Waals surface area (Å²) in [5.41, 5.74) is 1.05. The van der Waals surface area contributed by atoms with Crippen molar-refractivity contribution in [2.45, 2.75) is 6.42 Å². The first-order chi connectivity index (χ1) is 10.2. The van der Waals surface area contributed by atoms with Crippen molar-refractivity contribution >= 4 is 30.5 Å². The maximum atomic E-state index is 11.0. The summed E-state index contributed by atoms with van der Waals surface area (Å²) < 4.78 is 0. The van der Waals surface area contributed by atoms with Crippen molar-refractivity contribution < 1.29 is 4.92 Å². The molecule has 0 saturated carbocycles. The molecule has 0 spiro atoms. The SMILES string of the molecule is CN(CCc1ccccc1[N+](=O)[O-])CCN1CCNCC1.Cl.Cl. The van der Waals surface area contributed by atoms with Crippen LogP contribution in [0.2, 0.25) is 0 Å². The Hall–Kier alpha value is -0.920. The highest BCUT2D eigenvalue weighted by Crippen LogP contribution is 2.18. The quantitative estimate of drug-likeness (QED) is 0.590. The molecule has 8 heteroatoms. The molecule has 1 heterocycles. The highest BCUT2D eigenvalue weighted by molar-refractivity contribution is 5.85. The number of nitrogens with zero attached hydrogens (tertiary/aromatic N) is 3. The lowest BCUT2D eigenvalue weighted by atomic mass is 10.1. The average molecular weight is 365 g/mol. The highest BCUT2D eigenvalue weighted by Gasteiger charge is 2.13. The Morgan fingerprint density at radius 2 is 1.87 bits per heavy atom. The van der Waals surface area contributed by atoms with Gasteiger partial charge in [-0.15, -0.1) is 24.8 Å². The van der Waals surface area contributed by atoms with Crippen LogP contribution in [-0.2, 0) is 6.42 Å². The summed E-state index contributed by atoms with van der Waals surface area (Å²) in [6.45, 7) is 7.27. The van der Waals surface area contributed by atoms with E-state index in [0.717, 1.165) is 57.8 Å². The Balaban J connectivity index is 0.00000242. The lowest BCUT2D eigenvalue weighted by molar-refractivity contribution is -0.385. The van der Waals surface area contributed by atoms with E-state index in [1.165, 1.54) is 0 Å². The van der Waals surface area contributed by atoms with E-state index in [4.69, 9.17) is 0 Å². The van der Waals surface area contributed by atoms with Gasteiger partial charge in [-0.2, -0.15) is 0 Å². The second kappa shape index (κ2) is 11.6. The zero-order chi connectivity index (χ0) is 15.1. The van der Waals surface area contributed by atoms with Crippen molar-refractivity contribution in [3.8, 4) is 0 Å². The van der Waals surface area contributed by atoms with Crippen LogP contribution in [0.5, 0.6) is 0 Å². The molecular formula is C15H26Cl2N4O2. The summed E-state index contributed by atoms with van der Waals surface area (Å²) in [6, 6.07) is 7.01. The molecular weight excluding hydrogens is 339 g/mol. The van der Waals surface area contributed by atoms with Gasteiger partial charge in [0.15, 0.2) is 0 Å². The molecule has 1 aromatic carbocycles. The summed E-state index contributed by atoms with van der Waals surface area (Å²) in [5, 5.41) is 14.3. The molecule has 0 bridgehead atoms. The van der Waals surface area contributed by atoms with E-state index in [0.29, 0.717) is 0 Å². The van der Waals surface area contributed by atoms with E-state index in [9.17, 15) is 10.1 Å². The van der Waals surface area contributed by atoms with Gasteiger partial charge in [0, 0.05) is 57.4 Å². The molecule has 1 aliphatic rings. The topological polar surface area (TPSA) is 61.6 Å². The van der Waals surface area contributed by atoms with Crippen LogP contribution in [0.3, 0.4) is 0 Å². The summed E-state index contributed by atoms with van der Waals surface area (Å²) in [7, 11) is 2.08. The number of rotatable bonds is 7. The van der Waals surface area contributed by atoms with Gasteiger partial charge in [-0.3, -0.25) is 15.0 Å². The van der Waals surface area contributed by atoms with E-state index in [2.05, 4.69) is 22.2 Å². The molecule has 1 saturated heterocycles. The molecule has 0 amide bonds. The molecule has 2 rings (SSSR count). The fourth-order valence-corrected chi connectivity index (χ4v) is 2.57. The van der Waals surface area contributed by atoms with Crippen LogP contribution in [0.1, 0.15) is 5.56 Å². The lowest BCUT2D eigenvalue weighted by Gasteiger charge is -2.29. The fourth-order valence-electron chi connectivity index (χ4n) is 2.57. The maximum Gasteiger partial charge on any atom is 0.272 e. The highest BCUT2D eigenvalue weighted by atomic mass is 35.5. The van der Waals surface area contributed by atoms with Crippen LogP contribution in [0.4, 0.5) is 5.69 Å². The van der Waals surface area contributed by atoms with Gasteiger partial charge in [-0.25, -0.2) is 0 Å². The van der Waals surface area contributed by atoms with Crippen molar-refractivity contribution in [2.24, 2.45) is 0 Å². The van der Waals surface area contributed by atoms with Gasteiger partial charge in [0.05, 0.1) is 4.92 Å². The molecule has 0 aliphatic carbocycles. The third-order valence-corrected chi connectivity index (χ3v) is 3.96. The molecule has 6 nitrogen and oxygen atoms in total. The van der Waals surface area contributed by atoms with Crippen molar-refractivity contribution in [1.82, 2.24) is 15.1 Å². The molecule has 0 unspecified atom stereocenters. The van der Waals surface area contributed by atoms with Gasteiger partial charge < -0.3 is 10.2 Å². The first kappa shape index (κ1) is 22.1. The van der Waals surface area contributed by atoms with Crippen molar-refractivity contribution in [3.05, 3.63) is 39.9 Å². The molecule has 0 atom stereocenters. The standard InChI is InChI=1S/C15H24N4O2.2ClH/c1-17(12-13-18-10-7-16-8-11-18)9-6-14-4-2-3-5-15(14)19(20)21;;/h2-5,16H,6-13H2,1H3;2*1H. The van der Waals surface area contributed by atoms with Gasteiger partial charge in [-0.05, 0) is 13.5 Å². The summed E-state index contributed by atoms with van der Waals surface area (Å²) in [5.74, 6) is 0. The predicted octanol–water partition coefficient (Wildman–Crippen LogP) is 1.82. The minimum Gasteiger partial charge on any atom is -0.314 e. The van der Waals surface area contributed by atoms with Crippen LogP contribution in [0.25, 0.3) is 0 Å². The lowest BCUT2D eigenvalue weighted by Crippen LogP contribution is -2.46. The monoisotopic (exact) mass is 364 g/mol. The molecule has 23 heavy (non-hydrogen) atoms. The molecule has 0 radical (unpaired) electrons. The minimum atomic E-state index is -0.296. The number of halogens is 2. The number of likely N-dealkylation sites (N-methyl/N-ethyl adjacent to an activating group) is 1. The van der Waals surface area contributed by atoms with Crippen LogP contribution >= 0.6 is 24.8 Å². The van der Waals surface area contributed by atoms with Crippen LogP contribution < -0.4 is 5.32 Å². The number of nitrogens with one attached hydrogen (secondary N) is 1. The maximum absolute atomic E-state index is 11.0. The third-order valence-electron chi connectivity index (χ3n) is 3.96. The van der Waals surface area contributed by atoms with Gasteiger partial charge in [0.2, 0.25) is 0 Å². The number of para-hydroxylation sites is 1. The number of benzene rings is 1. The normalized spacial score (nSPS) is 14.9. The molecule has 1 aliphatic heterocycles. The van der Waals surface area contributed by atoms with Crippen LogP contribution in [0, 0.1) is 10.1 Å². The molecule has 0 aromatic heterocycles. The van der Waals surface area contributed by atoms with Crippen LogP contribution in [0.15, 0.2) is 24.3 Å². The Morgan fingerprint density at radius 3 is 2.52 bits per heavy atom. The van der Waals surface area contributed by atoms with Gasteiger partial charge in [-0.1, -0.05) is 18.2 Å². The third kappa shape index (κ3) is 7.46. The average Bonchev–Trinajstić information content (AvgIpc) is 2.52. The van der Waals surface area contributed by atoms with E-state index in [1.807, 2.05) is 12.1 Å². The van der Waals surface area contributed by atoms with Gasteiger partial charge >= 0.3 is 0 Å². The van der Waals surface area contributed by atoms with E-state index in [-0.39, 0.29) is 35.4 Å². The number of nitro groups is 1. The fraction of sp³-hybridized carbons (Fsp3) is 0.600. The first-order valence-corrected chi connectivity index (χ1v) is 7.51. The predicted molar refractivity (Wildman–Crippen MR) is 98.1 cm³/mol. The Kier molecular flexibility index (Phi) is 11.1. The van der Waals surface area contributed by atoms with Crippen molar-refractivity contribution in [1.29, 1.82) is 0 Å². The first-order valence-electron chi connectivity index (χ1n) is 7.51. The van der Waals surface area contributed by atoms with Crippen molar-refractivity contribution in [2.75, 3.05) is 52.9 Å². The van der Waals surface area contributed by atoms with E-state index in [1.54, 1.807) is 12.1 Å². The Bertz CT molecular complexity index is 471. The smallest absolute Gasteiger partial charge is 0.272 e. The zero-order valence-electron chi connectivity index (χ0n) is 13.4. The number of piperazine rings is 1. The zero-order valence-corrected chi connectivity index (χ0v) is 15.1. The number of nitro benzene ring substituents is 1.